The highest BCUT2D eigenvalue weighted by Gasteiger charge is 2.33. The van der Waals surface area contributed by atoms with Gasteiger partial charge in [-0.15, -0.1) is 0 Å². The van der Waals surface area contributed by atoms with Crippen molar-refractivity contribution in [2.45, 2.75) is 37.8 Å². The van der Waals surface area contributed by atoms with Crippen LogP contribution in [0.25, 0.3) is 0 Å². The lowest BCUT2D eigenvalue weighted by Gasteiger charge is -2.15. The summed E-state index contributed by atoms with van der Waals surface area (Å²) in [6.45, 7) is 3.61. The third-order valence-electron chi connectivity index (χ3n) is 3.87. The van der Waals surface area contributed by atoms with Gasteiger partial charge >= 0.3 is 0 Å². The summed E-state index contributed by atoms with van der Waals surface area (Å²) >= 11 is 0. The Morgan fingerprint density at radius 1 is 1.41 bits per heavy atom. The first-order chi connectivity index (χ1) is 8.31. The van der Waals surface area contributed by atoms with E-state index in [2.05, 4.69) is 21.4 Å². The summed E-state index contributed by atoms with van der Waals surface area (Å²) < 4.78 is 1.87. The minimum absolute atomic E-state index is 0.708. The molecule has 1 aliphatic heterocycles. The largest absolute Gasteiger partial charge is 0.312 e. The molecule has 0 spiro atoms. The Morgan fingerprint density at radius 2 is 2.29 bits per heavy atom. The lowest BCUT2D eigenvalue weighted by atomic mass is 10.2. The van der Waals surface area contributed by atoms with E-state index >= 15 is 0 Å². The lowest BCUT2D eigenvalue weighted by molar-refractivity contribution is 0.318. The van der Waals surface area contributed by atoms with Crippen LogP contribution in [0, 0.1) is 0 Å². The summed E-state index contributed by atoms with van der Waals surface area (Å²) in [6, 6.07) is 3.74. The second-order valence-corrected chi connectivity index (χ2v) is 5.40. The molecule has 2 aliphatic rings. The van der Waals surface area contributed by atoms with Gasteiger partial charge in [0, 0.05) is 51.4 Å². The molecule has 2 fully saturated rings. The molecule has 4 heteroatoms. The minimum atomic E-state index is 0.708. The monoisotopic (exact) mass is 234 g/mol. The number of nitrogens with one attached hydrogen (secondary N) is 1. The highest BCUT2D eigenvalue weighted by atomic mass is 15.3. The second-order valence-electron chi connectivity index (χ2n) is 5.40. The topological polar surface area (TPSA) is 33.1 Å². The summed E-state index contributed by atoms with van der Waals surface area (Å²) in [5.41, 5.74) is 1.19. The zero-order valence-corrected chi connectivity index (χ0v) is 10.6. The molecular formula is C13H22N4. The van der Waals surface area contributed by atoms with Crippen molar-refractivity contribution < 1.29 is 0 Å². The maximum atomic E-state index is 4.39. The summed E-state index contributed by atoms with van der Waals surface area (Å²) in [4.78, 5) is 2.65. The van der Waals surface area contributed by atoms with Crippen molar-refractivity contribution >= 4 is 0 Å². The molecule has 0 aromatic carbocycles. The van der Waals surface area contributed by atoms with Crippen molar-refractivity contribution in [2.24, 2.45) is 7.05 Å². The van der Waals surface area contributed by atoms with Gasteiger partial charge in [-0.25, -0.2) is 0 Å². The minimum Gasteiger partial charge on any atom is -0.312 e. The van der Waals surface area contributed by atoms with Gasteiger partial charge in [0.1, 0.15) is 0 Å². The van der Waals surface area contributed by atoms with E-state index in [1.807, 2.05) is 17.9 Å². The van der Waals surface area contributed by atoms with E-state index < -0.39 is 0 Å². The van der Waals surface area contributed by atoms with Gasteiger partial charge in [-0.05, 0) is 25.3 Å². The Kier molecular flexibility index (Phi) is 3.16. The van der Waals surface area contributed by atoms with Gasteiger partial charge in [0.15, 0.2) is 0 Å². The van der Waals surface area contributed by atoms with Gasteiger partial charge in [-0.3, -0.25) is 9.58 Å². The van der Waals surface area contributed by atoms with Crippen LogP contribution < -0.4 is 5.32 Å². The number of aromatic nitrogens is 2. The molecule has 4 nitrogen and oxygen atoms in total. The first-order valence-electron chi connectivity index (χ1n) is 6.77. The number of nitrogens with zero attached hydrogens (tertiary/aromatic N) is 3. The fourth-order valence-corrected chi connectivity index (χ4v) is 2.73. The Labute approximate surface area is 103 Å². The van der Waals surface area contributed by atoms with E-state index in [1.165, 1.54) is 38.0 Å². The maximum Gasteiger partial charge on any atom is 0.0637 e. The van der Waals surface area contributed by atoms with E-state index in [1.54, 1.807) is 0 Å². The molecule has 94 valence electrons. The van der Waals surface area contributed by atoms with Crippen LogP contribution in [0.4, 0.5) is 0 Å². The van der Waals surface area contributed by atoms with Crippen LogP contribution in [0.1, 0.15) is 25.0 Å². The van der Waals surface area contributed by atoms with E-state index in [4.69, 9.17) is 0 Å². The molecule has 3 rings (SSSR count). The SMILES string of the molecule is Cn1ccc(CCNC2CCN(C3CC3)C2)n1. The van der Waals surface area contributed by atoms with Crippen molar-refractivity contribution in [3.8, 4) is 0 Å². The molecule has 2 heterocycles. The summed E-state index contributed by atoms with van der Waals surface area (Å²) in [5.74, 6) is 0. The maximum absolute atomic E-state index is 4.39. The van der Waals surface area contributed by atoms with Gasteiger partial charge in [0.05, 0.1) is 5.69 Å². The van der Waals surface area contributed by atoms with Gasteiger partial charge in [-0.1, -0.05) is 0 Å². The molecule has 17 heavy (non-hydrogen) atoms. The highest BCUT2D eigenvalue weighted by Crippen LogP contribution is 2.29. The van der Waals surface area contributed by atoms with E-state index in [0.717, 1.165) is 19.0 Å². The Morgan fingerprint density at radius 3 is 3.00 bits per heavy atom. The van der Waals surface area contributed by atoms with Gasteiger partial charge in [0.25, 0.3) is 0 Å². The van der Waals surface area contributed by atoms with Crippen molar-refractivity contribution in [1.82, 2.24) is 20.0 Å². The average Bonchev–Trinajstić information content (AvgIpc) is 2.93. The molecule has 1 aromatic rings. The summed E-state index contributed by atoms with van der Waals surface area (Å²) in [5, 5.41) is 8.06. The van der Waals surface area contributed by atoms with Crippen LogP contribution in [0.3, 0.4) is 0 Å². The molecular weight excluding hydrogens is 212 g/mol. The van der Waals surface area contributed by atoms with Gasteiger partial charge in [0.2, 0.25) is 0 Å². The molecule has 0 amide bonds. The van der Waals surface area contributed by atoms with E-state index in [9.17, 15) is 0 Å². The molecule has 1 aromatic heterocycles. The quantitative estimate of drug-likeness (QED) is 0.817. The van der Waals surface area contributed by atoms with Crippen LogP contribution in [-0.2, 0) is 13.5 Å². The molecule has 0 bridgehead atoms. The van der Waals surface area contributed by atoms with E-state index in [0.29, 0.717) is 6.04 Å². The highest BCUT2D eigenvalue weighted by molar-refractivity contribution is 4.99. The second kappa shape index (κ2) is 4.78. The van der Waals surface area contributed by atoms with Crippen LogP contribution in [0.15, 0.2) is 12.3 Å². The molecule has 1 unspecified atom stereocenters. The molecule has 0 radical (unpaired) electrons. The lowest BCUT2D eigenvalue weighted by Crippen LogP contribution is -2.34. The Hall–Kier alpha value is -0.870. The normalized spacial score (nSPS) is 25.6. The molecule has 1 saturated carbocycles. The van der Waals surface area contributed by atoms with Crippen LogP contribution in [0.5, 0.6) is 0 Å². The van der Waals surface area contributed by atoms with Crippen molar-refractivity contribution in [1.29, 1.82) is 0 Å². The number of hydrogen-bond acceptors (Lipinski definition) is 3. The number of likely N-dealkylation sites (tertiary alicyclic amines) is 1. The predicted molar refractivity (Wildman–Crippen MR) is 67.9 cm³/mol. The first-order valence-corrected chi connectivity index (χ1v) is 6.77. The first kappa shape index (κ1) is 11.2. The Balaban J connectivity index is 1.37. The summed E-state index contributed by atoms with van der Waals surface area (Å²) in [7, 11) is 1.97. The third kappa shape index (κ3) is 2.87. The summed E-state index contributed by atoms with van der Waals surface area (Å²) in [6.07, 6.45) is 7.24. The fraction of sp³-hybridized carbons (Fsp3) is 0.769. The number of aryl methyl sites for hydroxylation is 1. The van der Waals surface area contributed by atoms with Crippen molar-refractivity contribution in [3.63, 3.8) is 0 Å². The van der Waals surface area contributed by atoms with Crippen molar-refractivity contribution in [3.05, 3.63) is 18.0 Å². The van der Waals surface area contributed by atoms with Gasteiger partial charge < -0.3 is 5.32 Å². The molecule has 1 N–H and O–H groups in total. The van der Waals surface area contributed by atoms with Gasteiger partial charge in [-0.2, -0.15) is 5.10 Å². The van der Waals surface area contributed by atoms with Crippen LogP contribution in [-0.4, -0.2) is 46.4 Å². The molecule has 1 atom stereocenters. The zero-order chi connectivity index (χ0) is 11.7. The Bertz CT molecular complexity index is 369. The number of rotatable bonds is 5. The molecule has 1 aliphatic carbocycles. The van der Waals surface area contributed by atoms with Crippen molar-refractivity contribution in [2.75, 3.05) is 19.6 Å². The molecule has 1 saturated heterocycles. The van der Waals surface area contributed by atoms with Crippen LogP contribution in [0.2, 0.25) is 0 Å². The standard InChI is InChI=1S/C13H22N4/c1-16-8-5-11(15-16)4-7-14-12-6-9-17(10-12)13-2-3-13/h5,8,12-14H,2-4,6-7,9-10H2,1H3. The van der Waals surface area contributed by atoms with E-state index in [-0.39, 0.29) is 0 Å². The predicted octanol–water partition coefficient (Wildman–Crippen LogP) is 0.789. The smallest absolute Gasteiger partial charge is 0.0637 e. The third-order valence-corrected chi connectivity index (χ3v) is 3.87. The average molecular weight is 234 g/mol. The fourth-order valence-electron chi connectivity index (χ4n) is 2.73. The number of hydrogen-bond donors (Lipinski definition) is 1. The van der Waals surface area contributed by atoms with Crippen LogP contribution >= 0.6 is 0 Å². The zero-order valence-electron chi connectivity index (χ0n) is 10.6.